The number of aromatic nitrogens is 1. The lowest BCUT2D eigenvalue weighted by Gasteiger charge is -2.26. The van der Waals surface area contributed by atoms with Crippen molar-refractivity contribution >= 4 is 35.6 Å². The first-order valence-corrected chi connectivity index (χ1v) is 14.5. The van der Waals surface area contributed by atoms with Crippen LogP contribution in [0.5, 0.6) is 0 Å². The number of barbiturate groups is 1. The van der Waals surface area contributed by atoms with Gasteiger partial charge in [-0.25, -0.2) is 14.5 Å². The number of carbonyl (C=O) groups excluding carboxylic acids is 4. The maximum absolute atomic E-state index is 13.8. The fraction of sp³-hybridized carbons (Fsp3) is 0.0811. The zero-order chi connectivity index (χ0) is 31.5. The first kappa shape index (κ1) is 29.1. The van der Waals surface area contributed by atoms with Crippen molar-refractivity contribution in [3.8, 4) is 28.2 Å². The Bertz CT molecular complexity index is 1960. The molecule has 0 saturated carbocycles. The Morgan fingerprint density at radius 3 is 2.09 bits per heavy atom. The van der Waals surface area contributed by atoms with Crippen LogP contribution < -0.4 is 10.2 Å². The number of carbonyl (C=O) groups is 4. The third-order valence-corrected chi connectivity index (χ3v) is 7.44. The van der Waals surface area contributed by atoms with Crippen molar-refractivity contribution in [3.63, 3.8) is 0 Å². The van der Waals surface area contributed by atoms with Crippen molar-refractivity contribution in [2.24, 2.45) is 0 Å². The minimum atomic E-state index is -0.805. The van der Waals surface area contributed by atoms with Crippen LogP contribution in [0.25, 0.3) is 34.3 Å². The highest BCUT2D eigenvalue weighted by molar-refractivity contribution is 6.39. The maximum atomic E-state index is 13.8. The summed E-state index contributed by atoms with van der Waals surface area (Å²) in [6, 6.07) is 34.5. The van der Waals surface area contributed by atoms with Gasteiger partial charge in [0.05, 0.1) is 29.2 Å². The highest BCUT2D eigenvalue weighted by atomic mass is 16.5. The van der Waals surface area contributed by atoms with Crippen LogP contribution in [0.4, 0.5) is 10.5 Å². The molecule has 45 heavy (non-hydrogen) atoms. The lowest BCUT2D eigenvalue weighted by molar-refractivity contribution is -0.122. The van der Waals surface area contributed by atoms with Crippen LogP contribution in [-0.2, 0) is 14.3 Å². The van der Waals surface area contributed by atoms with Gasteiger partial charge in [-0.15, -0.1) is 0 Å². The van der Waals surface area contributed by atoms with Gasteiger partial charge in [0.25, 0.3) is 11.8 Å². The molecule has 222 valence electrons. The highest BCUT2D eigenvalue weighted by Crippen LogP contribution is 2.38. The third kappa shape index (κ3) is 5.69. The van der Waals surface area contributed by atoms with Crippen LogP contribution in [0.2, 0.25) is 0 Å². The molecule has 1 aromatic heterocycles. The number of hydrogen-bond donors (Lipinski definition) is 1. The monoisotopic (exact) mass is 595 g/mol. The van der Waals surface area contributed by atoms with Crippen molar-refractivity contribution in [1.82, 2.24) is 9.88 Å². The Hall–Kier alpha value is -6.02. The Morgan fingerprint density at radius 2 is 1.44 bits per heavy atom. The summed E-state index contributed by atoms with van der Waals surface area (Å²) in [6.07, 6.45) is 1.53. The number of hydrogen-bond acceptors (Lipinski definition) is 5. The van der Waals surface area contributed by atoms with E-state index in [-0.39, 0.29) is 12.2 Å². The van der Waals surface area contributed by atoms with Gasteiger partial charge in [0.1, 0.15) is 5.57 Å². The van der Waals surface area contributed by atoms with Crippen LogP contribution in [0.3, 0.4) is 0 Å². The van der Waals surface area contributed by atoms with Gasteiger partial charge in [0.2, 0.25) is 0 Å². The van der Waals surface area contributed by atoms with Crippen molar-refractivity contribution in [3.05, 3.63) is 138 Å². The van der Waals surface area contributed by atoms with Gasteiger partial charge in [-0.3, -0.25) is 14.9 Å². The number of rotatable bonds is 7. The Kier molecular flexibility index (Phi) is 7.95. The molecule has 0 bridgehead atoms. The summed E-state index contributed by atoms with van der Waals surface area (Å²) in [4.78, 5) is 53.3. The summed E-state index contributed by atoms with van der Waals surface area (Å²) in [5.41, 5.74) is 6.04. The number of amides is 4. The van der Waals surface area contributed by atoms with Crippen LogP contribution in [0, 0.1) is 6.92 Å². The highest BCUT2D eigenvalue weighted by Gasteiger charge is 2.37. The number of urea groups is 1. The van der Waals surface area contributed by atoms with Gasteiger partial charge in [-0.1, -0.05) is 72.8 Å². The van der Waals surface area contributed by atoms with Gasteiger partial charge in [0.15, 0.2) is 0 Å². The average Bonchev–Trinajstić information content (AvgIpc) is 3.43. The molecule has 4 aromatic carbocycles. The Morgan fingerprint density at radius 1 is 0.778 bits per heavy atom. The molecule has 1 aliphatic heterocycles. The minimum absolute atomic E-state index is 0.178. The molecule has 5 aromatic rings. The van der Waals surface area contributed by atoms with Crippen molar-refractivity contribution in [2.45, 2.75) is 13.8 Å². The molecule has 1 fully saturated rings. The topological polar surface area (TPSA) is 97.7 Å². The van der Waals surface area contributed by atoms with Crippen LogP contribution in [0.15, 0.2) is 121 Å². The standard InChI is InChI=1S/C37H29N3O5/c1-3-45-36(43)27-17-19-29(20-18-27)39-32(25-12-6-4-7-13-25)23-28(33(39)26-14-8-5-9-15-26)22-31-34(41)38-37(44)40(35(31)42)30-16-10-11-24(2)21-30/h4-23H,3H2,1-2H3,(H,38,41,44)/b31-22-. The lowest BCUT2D eigenvalue weighted by atomic mass is 10.0. The molecular weight excluding hydrogens is 566 g/mol. The van der Waals surface area contributed by atoms with Crippen LogP contribution >= 0.6 is 0 Å². The molecule has 1 aliphatic rings. The molecule has 0 radical (unpaired) electrons. The maximum Gasteiger partial charge on any atom is 0.338 e. The molecule has 1 saturated heterocycles. The zero-order valence-electron chi connectivity index (χ0n) is 24.7. The van der Waals surface area contributed by atoms with Gasteiger partial charge in [0, 0.05) is 11.3 Å². The second kappa shape index (κ2) is 12.3. The number of aryl methyl sites for hydroxylation is 1. The summed E-state index contributed by atoms with van der Waals surface area (Å²) in [5, 5.41) is 2.33. The predicted molar refractivity (Wildman–Crippen MR) is 173 cm³/mol. The summed E-state index contributed by atoms with van der Waals surface area (Å²) in [6.45, 7) is 3.89. The van der Waals surface area contributed by atoms with E-state index in [0.29, 0.717) is 22.5 Å². The van der Waals surface area contributed by atoms with E-state index in [1.807, 2.05) is 96.4 Å². The molecule has 2 heterocycles. The smallest absolute Gasteiger partial charge is 0.338 e. The largest absolute Gasteiger partial charge is 0.462 e. The quantitative estimate of drug-likeness (QED) is 0.125. The fourth-order valence-electron chi connectivity index (χ4n) is 5.40. The second-order valence-electron chi connectivity index (χ2n) is 10.5. The zero-order valence-corrected chi connectivity index (χ0v) is 24.7. The Balaban J connectivity index is 1.57. The van der Waals surface area contributed by atoms with E-state index in [2.05, 4.69) is 5.32 Å². The summed E-state index contributed by atoms with van der Waals surface area (Å²) < 4.78 is 7.20. The fourth-order valence-corrected chi connectivity index (χ4v) is 5.40. The molecule has 0 unspecified atom stereocenters. The van der Waals surface area contributed by atoms with E-state index in [1.54, 1.807) is 37.3 Å². The number of imide groups is 2. The second-order valence-corrected chi connectivity index (χ2v) is 10.5. The average molecular weight is 596 g/mol. The SMILES string of the molecule is CCOC(=O)c1ccc(-n2c(-c3ccccc3)cc(/C=C3/C(=O)NC(=O)N(c4cccc(C)c4)C3=O)c2-c2ccccc2)cc1. The molecule has 8 heteroatoms. The number of nitrogens with one attached hydrogen (secondary N) is 1. The van der Waals surface area contributed by atoms with Crippen molar-refractivity contribution in [2.75, 3.05) is 11.5 Å². The van der Waals surface area contributed by atoms with Gasteiger partial charge >= 0.3 is 12.0 Å². The molecule has 1 N–H and O–H groups in total. The lowest BCUT2D eigenvalue weighted by Crippen LogP contribution is -2.54. The molecule has 6 rings (SSSR count). The van der Waals surface area contributed by atoms with E-state index < -0.39 is 23.8 Å². The van der Waals surface area contributed by atoms with E-state index in [0.717, 1.165) is 33.0 Å². The molecular formula is C37H29N3O5. The van der Waals surface area contributed by atoms with E-state index in [4.69, 9.17) is 4.74 Å². The summed E-state index contributed by atoms with van der Waals surface area (Å²) in [5.74, 6) is -1.91. The number of benzene rings is 4. The van der Waals surface area contributed by atoms with E-state index in [9.17, 15) is 19.2 Å². The van der Waals surface area contributed by atoms with Crippen molar-refractivity contribution in [1.29, 1.82) is 0 Å². The summed E-state index contributed by atoms with van der Waals surface area (Å²) in [7, 11) is 0. The number of ether oxygens (including phenoxy) is 1. The van der Waals surface area contributed by atoms with Gasteiger partial charge in [-0.05, 0) is 79.1 Å². The minimum Gasteiger partial charge on any atom is -0.462 e. The number of nitrogens with zero attached hydrogens (tertiary/aromatic N) is 2. The molecule has 0 atom stereocenters. The van der Waals surface area contributed by atoms with E-state index in [1.165, 1.54) is 6.08 Å². The van der Waals surface area contributed by atoms with Crippen molar-refractivity contribution < 1.29 is 23.9 Å². The van der Waals surface area contributed by atoms with Crippen LogP contribution in [0.1, 0.15) is 28.4 Å². The normalized spacial score (nSPS) is 14.0. The van der Waals surface area contributed by atoms with Gasteiger partial charge < -0.3 is 9.30 Å². The first-order chi connectivity index (χ1) is 21.9. The van der Waals surface area contributed by atoms with E-state index >= 15 is 0 Å². The summed E-state index contributed by atoms with van der Waals surface area (Å²) >= 11 is 0. The number of esters is 1. The van der Waals surface area contributed by atoms with Crippen LogP contribution in [-0.4, -0.2) is 35.0 Å². The third-order valence-electron chi connectivity index (χ3n) is 7.44. The first-order valence-electron chi connectivity index (χ1n) is 14.5. The molecule has 0 aliphatic carbocycles. The van der Waals surface area contributed by atoms with Gasteiger partial charge in [-0.2, -0.15) is 0 Å². The molecule has 8 nitrogen and oxygen atoms in total. The number of anilines is 1. The Labute approximate surface area is 260 Å². The predicted octanol–water partition coefficient (Wildman–Crippen LogP) is 6.96. The molecule has 0 spiro atoms. The molecule has 4 amide bonds.